The highest BCUT2D eigenvalue weighted by atomic mass is 16.3. The molecule has 3 aromatic carbocycles. The first-order chi connectivity index (χ1) is 20.4. The van der Waals surface area contributed by atoms with Crippen LogP contribution in [0.2, 0.25) is 0 Å². The van der Waals surface area contributed by atoms with Crippen molar-refractivity contribution in [1.82, 2.24) is 0 Å². The van der Waals surface area contributed by atoms with Gasteiger partial charge < -0.3 is 8.83 Å². The van der Waals surface area contributed by atoms with Crippen molar-refractivity contribution < 1.29 is 18.9 Å². The number of rotatable bonds is 3. The van der Waals surface area contributed by atoms with Gasteiger partial charge in [-0.05, 0) is 71.6 Å². The molecule has 0 atom stereocenters. The number of nitrogens with zero attached hydrogens (tertiary/aromatic N) is 2. The van der Waals surface area contributed by atoms with Crippen LogP contribution in [-0.2, 0) is 19.8 Å². The number of nitriles is 1. The molecule has 3 heterocycles. The molecule has 7 rings (SSSR count). The van der Waals surface area contributed by atoms with Crippen LogP contribution >= 0.6 is 0 Å². The highest BCUT2D eigenvalue weighted by Crippen LogP contribution is 2.46. The topological polar surface area (TPSA) is 54.0 Å². The second-order valence-electron chi connectivity index (χ2n) is 10.7. The molecular formula is C35H29N2O2+. The zero-order valence-electron chi connectivity index (χ0n) is 26.2. The quantitative estimate of drug-likeness (QED) is 0.224. The van der Waals surface area contributed by atoms with Crippen molar-refractivity contribution in [1.29, 1.82) is 5.26 Å². The molecule has 0 bridgehead atoms. The fourth-order valence-corrected chi connectivity index (χ4v) is 5.81. The van der Waals surface area contributed by atoms with Gasteiger partial charge in [-0.1, -0.05) is 44.2 Å². The van der Waals surface area contributed by atoms with Crippen molar-refractivity contribution in [3.8, 4) is 39.8 Å². The Hall–Kier alpha value is -4.62. The first-order valence-corrected chi connectivity index (χ1v) is 13.0. The Bertz CT molecular complexity index is 2150. The first-order valence-electron chi connectivity index (χ1n) is 15.0. The number of furan rings is 2. The summed E-state index contributed by atoms with van der Waals surface area (Å²) in [7, 11) is 1.99. The minimum atomic E-state index is -1.95. The van der Waals surface area contributed by atoms with Crippen molar-refractivity contribution in [2.24, 2.45) is 12.5 Å². The third kappa shape index (κ3) is 3.61. The summed E-state index contributed by atoms with van der Waals surface area (Å²) in [5, 5.41) is 12.3. The van der Waals surface area contributed by atoms with Gasteiger partial charge in [0.1, 0.15) is 30.0 Å². The van der Waals surface area contributed by atoms with Crippen LogP contribution < -0.4 is 4.57 Å². The first kappa shape index (κ1) is 19.4. The number of pyridine rings is 1. The van der Waals surface area contributed by atoms with E-state index in [1.807, 2.05) is 61.1 Å². The average molecular weight is 514 g/mol. The molecule has 4 nitrogen and oxygen atoms in total. The number of hydrogen-bond acceptors (Lipinski definition) is 3. The second-order valence-corrected chi connectivity index (χ2v) is 10.7. The van der Waals surface area contributed by atoms with Gasteiger partial charge >= 0.3 is 0 Å². The van der Waals surface area contributed by atoms with E-state index in [1.54, 1.807) is 44.4 Å². The Morgan fingerprint density at radius 3 is 2.51 bits per heavy atom. The van der Waals surface area contributed by atoms with Gasteiger partial charge in [0.15, 0.2) is 6.20 Å². The lowest BCUT2D eigenvalue weighted by molar-refractivity contribution is -0.660. The van der Waals surface area contributed by atoms with Crippen LogP contribution in [-0.4, -0.2) is 0 Å². The molecule has 0 fully saturated rings. The van der Waals surface area contributed by atoms with E-state index in [0.717, 1.165) is 27.6 Å². The molecule has 190 valence electrons. The lowest BCUT2D eigenvalue weighted by Crippen LogP contribution is -2.30. The Morgan fingerprint density at radius 1 is 0.923 bits per heavy atom. The van der Waals surface area contributed by atoms with Gasteiger partial charge in [0.2, 0.25) is 5.69 Å². The number of aromatic nitrogens is 1. The van der Waals surface area contributed by atoms with Gasteiger partial charge in [0.05, 0.1) is 17.4 Å². The van der Waals surface area contributed by atoms with E-state index in [9.17, 15) is 5.26 Å². The van der Waals surface area contributed by atoms with Crippen molar-refractivity contribution in [3.63, 3.8) is 0 Å². The second kappa shape index (κ2) is 8.44. The number of fused-ring (bicyclic) bond motifs is 4. The van der Waals surface area contributed by atoms with Crippen LogP contribution in [0.15, 0.2) is 88.0 Å². The SMILES string of the molecule is [2H]C1([2H])c2ccc(-c3c(C#N)c(-c4ccco4)cc4c3oc3c(-c5cccc[n+]5C)c(C)ccc34)cc2C([2H])([2H])C1(C)C. The zero-order chi connectivity index (χ0) is 30.5. The van der Waals surface area contributed by atoms with E-state index in [4.69, 9.17) is 14.3 Å². The molecule has 0 amide bonds. The molecule has 0 saturated heterocycles. The summed E-state index contributed by atoms with van der Waals surface area (Å²) in [5.41, 5.74) is 5.50. The van der Waals surface area contributed by atoms with Crippen LogP contribution in [0.3, 0.4) is 0 Å². The van der Waals surface area contributed by atoms with Crippen LogP contribution in [0.25, 0.3) is 55.6 Å². The molecular weight excluding hydrogens is 480 g/mol. The van der Waals surface area contributed by atoms with E-state index in [-0.39, 0.29) is 5.56 Å². The summed E-state index contributed by atoms with van der Waals surface area (Å²) >= 11 is 0. The molecule has 6 aromatic rings. The minimum Gasteiger partial charge on any atom is -0.464 e. The normalized spacial score (nSPS) is 18.2. The van der Waals surface area contributed by atoms with Gasteiger partial charge in [0, 0.05) is 39.5 Å². The predicted molar refractivity (Wildman–Crippen MR) is 154 cm³/mol. The summed E-state index contributed by atoms with van der Waals surface area (Å²) in [5.74, 6) is 0.532. The highest BCUT2D eigenvalue weighted by molar-refractivity contribution is 6.15. The summed E-state index contributed by atoms with van der Waals surface area (Å²) in [6.07, 6.45) is -0.278. The van der Waals surface area contributed by atoms with E-state index in [0.29, 0.717) is 44.7 Å². The Kier molecular flexibility index (Phi) is 4.21. The molecule has 4 heteroatoms. The minimum absolute atomic E-state index is 0.282. The maximum Gasteiger partial charge on any atom is 0.216 e. The molecule has 3 aromatic heterocycles. The third-order valence-electron chi connectivity index (χ3n) is 7.55. The Labute approximate surface area is 233 Å². The summed E-state index contributed by atoms with van der Waals surface area (Å²) < 4.78 is 50.1. The maximum atomic E-state index is 10.6. The molecule has 0 saturated carbocycles. The molecule has 0 unspecified atom stereocenters. The molecule has 1 aliphatic rings. The Balaban J connectivity index is 1.62. The van der Waals surface area contributed by atoms with E-state index < -0.39 is 18.2 Å². The van der Waals surface area contributed by atoms with Crippen molar-refractivity contribution in [2.45, 2.75) is 33.5 Å². The van der Waals surface area contributed by atoms with Gasteiger partial charge in [-0.15, -0.1) is 0 Å². The molecule has 0 aliphatic heterocycles. The molecule has 39 heavy (non-hydrogen) atoms. The fraction of sp³-hybridized carbons (Fsp3) is 0.200. The van der Waals surface area contributed by atoms with Gasteiger partial charge in [-0.25, -0.2) is 4.57 Å². The average Bonchev–Trinajstić information content (AvgIpc) is 3.66. The van der Waals surface area contributed by atoms with Gasteiger partial charge in [-0.2, -0.15) is 5.26 Å². The summed E-state index contributed by atoms with van der Waals surface area (Å²) in [6.45, 7) is 5.29. The highest BCUT2D eigenvalue weighted by Gasteiger charge is 2.30. The van der Waals surface area contributed by atoms with Crippen LogP contribution in [0.4, 0.5) is 0 Å². The van der Waals surface area contributed by atoms with E-state index >= 15 is 0 Å². The summed E-state index contributed by atoms with van der Waals surface area (Å²) in [4.78, 5) is 0. The van der Waals surface area contributed by atoms with Gasteiger partial charge in [0.25, 0.3) is 0 Å². The third-order valence-corrected chi connectivity index (χ3v) is 7.55. The molecule has 1 aliphatic carbocycles. The van der Waals surface area contributed by atoms with Gasteiger partial charge in [-0.3, -0.25) is 0 Å². The van der Waals surface area contributed by atoms with Crippen LogP contribution in [0, 0.1) is 23.7 Å². The lowest BCUT2D eigenvalue weighted by atomic mass is 9.89. The zero-order valence-corrected chi connectivity index (χ0v) is 22.2. The van der Waals surface area contributed by atoms with E-state index in [1.165, 1.54) is 0 Å². The smallest absolute Gasteiger partial charge is 0.216 e. The number of hydrogen-bond donors (Lipinski definition) is 0. The largest absolute Gasteiger partial charge is 0.464 e. The maximum absolute atomic E-state index is 10.6. The van der Waals surface area contributed by atoms with E-state index in [2.05, 4.69) is 12.1 Å². The van der Waals surface area contributed by atoms with Crippen molar-refractivity contribution in [2.75, 3.05) is 0 Å². The number of benzene rings is 3. The molecule has 0 radical (unpaired) electrons. The van der Waals surface area contributed by atoms with Crippen LogP contribution in [0.5, 0.6) is 0 Å². The molecule has 0 N–H and O–H groups in total. The Morgan fingerprint density at radius 2 is 1.74 bits per heavy atom. The standard InChI is InChI=1S/C35H29N2O2/c1-21-10-13-25-27-17-26(30-9-7-15-38-30)28(20-36)32(22-11-12-23-18-35(2,3)19-24(23)16-22)34(27)39-33(25)31(21)29-8-5-6-14-37(29)4/h5-17H,18-19H2,1-4H3/q+1/i18D2,19D2. The summed E-state index contributed by atoms with van der Waals surface area (Å²) in [6, 6.07) is 23.1. The monoisotopic (exact) mass is 513 g/mol. The lowest BCUT2D eigenvalue weighted by Gasteiger charge is -2.14. The van der Waals surface area contributed by atoms with Crippen molar-refractivity contribution >= 4 is 21.9 Å². The molecule has 0 spiro atoms. The van der Waals surface area contributed by atoms with Crippen molar-refractivity contribution in [3.05, 3.63) is 101 Å². The van der Waals surface area contributed by atoms with Crippen LogP contribution in [0.1, 0.15) is 41.6 Å². The number of aryl methyl sites for hydroxylation is 2. The fourth-order valence-electron chi connectivity index (χ4n) is 5.81. The predicted octanol–water partition coefficient (Wildman–Crippen LogP) is 8.31.